The van der Waals surface area contributed by atoms with Crippen LogP contribution in [0.2, 0.25) is 0 Å². The van der Waals surface area contributed by atoms with Crippen LogP contribution < -0.4 is 21.0 Å². The van der Waals surface area contributed by atoms with E-state index in [1.807, 2.05) is 13.0 Å². The number of anilines is 2. The molecule has 0 aliphatic heterocycles. The second-order valence-electron chi connectivity index (χ2n) is 5.58. The molecule has 0 radical (unpaired) electrons. The first kappa shape index (κ1) is 19.5. The Morgan fingerprint density at radius 1 is 1.43 bits per heavy atom. The number of hydrogen-bond acceptors (Lipinski definition) is 10. The number of carbonyl (C=O) groups excluding carboxylic acids is 1. The molecule has 3 rings (SSSR count). The summed E-state index contributed by atoms with van der Waals surface area (Å²) in [5.74, 6) is -0.934. The standard InChI is InChI=1S/C16H18N6O5S/c1-9-4-6-18-22(9)16-21-20-15(28-16)19-13(24)11-8-10(17-5-3-7-23)12(26-2)14(25)27-11/h4,6,8,17,23H,3,5,7H2,1-2H3,(H,19,20,24). The van der Waals surface area contributed by atoms with Crippen LogP contribution in [0.15, 0.2) is 27.5 Å². The second kappa shape index (κ2) is 8.63. The molecule has 3 aromatic heterocycles. The number of ether oxygens (including phenoxy) is 1. The van der Waals surface area contributed by atoms with Crippen LogP contribution in [0.25, 0.3) is 5.13 Å². The average molecular weight is 406 g/mol. The number of nitrogens with one attached hydrogen (secondary N) is 2. The van der Waals surface area contributed by atoms with Gasteiger partial charge in [-0.05, 0) is 19.4 Å². The molecule has 28 heavy (non-hydrogen) atoms. The van der Waals surface area contributed by atoms with Crippen molar-refractivity contribution < 1.29 is 19.1 Å². The first-order chi connectivity index (χ1) is 13.5. The van der Waals surface area contributed by atoms with Crippen LogP contribution in [-0.4, -0.2) is 51.3 Å². The van der Waals surface area contributed by atoms with E-state index in [0.717, 1.165) is 17.0 Å². The Bertz CT molecular complexity index is 1030. The van der Waals surface area contributed by atoms with Crippen LogP contribution in [0.4, 0.5) is 10.8 Å². The smallest absolute Gasteiger partial charge is 0.381 e. The number of aliphatic hydroxyl groups is 1. The number of carbonyl (C=O) groups is 1. The third kappa shape index (κ3) is 4.18. The molecule has 3 heterocycles. The minimum absolute atomic E-state index is 0.0147. The van der Waals surface area contributed by atoms with Gasteiger partial charge in [-0.2, -0.15) is 5.10 Å². The number of rotatable bonds is 8. The maximum atomic E-state index is 12.5. The van der Waals surface area contributed by atoms with Crippen LogP contribution in [0.3, 0.4) is 0 Å². The number of aliphatic hydroxyl groups excluding tert-OH is 1. The molecule has 0 saturated heterocycles. The monoisotopic (exact) mass is 406 g/mol. The Morgan fingerprint density at radius 2 is 2.25 bits per heavy atom. The summed E-state index contributed by atoms with van der Waals surface area (Å²) in [5.41, 5.74) is 0.364. The number of amides is 1. The predicted molar refractivity (Wildman–Crippen MR) is 101 cm³/mol. The molecular weight excluding hydrogens is 388 g/mol. The third-order valence-electron chi connectivity index (χ3n) is 3.63. The van der Waals surface area contributed by atoms with Crippen molar-refractivity contribution in [3.8, 4) is 10.9 Å². The van der Waals surface area contributed by atoms with Gasteiger partial charge in [0.2, 0.25) is 16.0 Å². The normalized spacial score (nSPS) is 10.7. The van der Waals surface area contributed by atoms with Gasteiger partial charge in [-0.15, -0.1) is 10.2 Å². The Kier molecular flexibility index (Phi) is 6.01. The first-order valence-electron chi connectivity index (χ1n) is 8.26. The van der Waals surface area contributed by atoms with E-state index in [1.165, 1.54) is 13.2 Å². The molecule has 0 aliphatic rings. The summed E-state index contributed by atoms with van der Waals surface area (Å²) in [5, 5.41) is 27.1. The lowest BCUT2D eigenvalue weighted by Gasteiger charge is -2.10. The second-order valence-corrected chi connectivity index (χ2v) is 6.53. The Hall–Kier alpha value is -3.25. The molecule has 0 spiro atoms. The summed E-state index contributed by atoms with van der Waals surface area (Å²) < 4.78 is 11.6. The van der Waals surface area contributed by atoms with Crippen LogP contribution >= 0.6 is 11.3 Å². The number of hydrogen-bond donors (Lipinski definition) is 3. The lowest BCUT2D eigenvalue weighted by atomic mass is 10.3. The summed E-state index contributed by atoms with van der Waals surface area (Å²) in [6, 6.07) is 3.17. The molecular formula is C16H18N6O5S. The zero-order valence-corrected chi connectivity index (χ0v) is 15.9. The zero-order chi connectivity index (χ0) is 20.1. The predicted octanol–water partition coefficient (Wildman–Crippen LogP) is 1.04. The van der Waals surface area contributed by atoms with Crippen molar-refractivity contribution in [2.75, 3.05) is 30.9 Å². The van der Waals surface area contributed by atoms with E-state index >= 15 is 0 Å². The van der Waals surface area contributed by atoms with Crippen molar-refractivity contribution in [2.45, 2.75) is 13.3 Å². The quantitative estimate of drug-likeness (QED) is 0.467. The highest BCUT2D eigenvalue weighted by atomic mass is 32.1. The van der Waals surface area contributed by atoms with Crippen molar-refractivity contribution >= 4 is 28.1 Å². The van der Waals surface area contributed by atoms with Crippen molar-refractivity contribution in [3.63, 3.8) is 0 Å². The van der Waals surface area contributed by atoms with E-state index in [1.54, 1.807) is 10.9 Å². The summed E-state index contributed by atoms with van der Waals surface area (Å²) in [6.45, 7) is 2.24. The summed E-state index contributed by atoms with van der Waals surface area (Å²) >= 11 is 1.12. The summed E-state index contributed by atoms with van der Waals surface area (Å²) in [4.78, 5) is 24.6. The molecule has 1 amide bonds. The van der Waals surface area contributed by atoms with Crippen molar-refractivity contribution in [1.29, 1.82) is 0 Å². The van der Waals surface area contributed by atoms with E-state index in [2.05, 4.69) is 25.9 Å². The molecule has 0 unspecified atom stereocenters. The molecule has 0 aromatic carbocycles. The molecule has 0 saturated carbocycles. The van der Waals surface area contributed by atoms with Crippen molar-refractivity contribution in [1.82, 2.24) is 20.0 Å². The Morgan fingerprint density at radius 3 is 2.93 bits per heavy atom. The first-order valence-corrected chi connectivity index (χ1v) is 9.08. The largest absolute Gasteiger partial charge is 0.488 e. The molecule has 148 valence electrons. The number of methoxy groups -OCH3 is 1. The Balaban J connectivity index is 1.80. The molecule has 0 aliphatic carbocycles. The molecule has 11 nitrogen and oxygen atoms in total. The van der Waals surface area contributed by atoms with Gasteiger partial charge < -0.3 is 19.6 Å². The fourth-order valence-electron chi connectivity index (χ4n) is 2.30. The highest BCUT2D eigenvalue weighted by Gasteiger charge is 2.19. The SMILES string of the molecule is COc1c(NCCCO)cc(C(=O)Nc2nnc(-n3nccc3C)s2)oc1=O. The highest BCUT2D eigenvalue weighted by molar-refractivity contribution is 7.17. The van der Waals surface area contributed by atoms with Crippen molar-refractivity contribution in [3.05, 3.63) is 40.2 Å². The van der Waals surface area contributed by atoms with Gasteiger partial charge in [0.1, 0.15) is 0 Å². The molecule has 3 N–H and O–H groups in total. The van der Waals surface area contributed by atoms with E-state index < -0.39 is 11.5 Å². The number of nitrogens with zero attached hydrogens (tertiary/aromatic N) is 4. The molecule has 3 aromatic rings. The van der Waals surface area contributed by atoms with Gasteiger partial charge in [0.05, 0.1) is 12.8 Å². The molecule has 0 bridgehead atoms. The molecule has 0 atom stereocenters. The van der Waals surface area contributed by atoms with Gasteiger partial charge in [0.25, 0.3) is 5.91 Å². The lowest BCUT2D eigenvalue weighted by Crippen LogP contribution is -2.17. The van der Waals surface area contributed by atoms with E-state index in [9.17, 15) is 9.59 Å². The average Bonchev–Trinajstić information content (AvgIpc) is 3.30. The highest BCUT2D eigenvalue weighted by Crippen LogP contribution is 2.23. The van der Waals surface area contributed by atoms with Gasteiger partial charge in [0, 0.05) is 31.1 Å². The van der Waals surface area contributed by atoms with E-state index in [0.29, 0.717) is 23.8 Å². The van der Waals surface area contributed by atoms with Gasteiger partial charge in [0.15, 0.2) is 5.76 Å². The van der Waals surface area contributed by atoms with Gasteiger partial charge in [-0.3, -0.25) is 10.1 Å². The fraction of sp³-hybridized carbons (Fsp3) is 0.312. The molecule has 12 heteroatoms. The third-order valence-corrected chi connectivity index (χ3v) is 4.45. The van der Waals surface area contributed by atoms with Crippen LogP contribution in [0, 0.1) is 6.92 Å². The zero-order valence-electron chi connectivity index (χ0n) is 15.1. The molecule has 0 fully saturated rings. The maximum Gasteiger partial charge on any atom is 0.381 e. The van der Waals surface area contributed by atoms with Gasteiger partial charge >= 0.3 is 5.63 Å². The van der Waals surface area contributed by atoms with Crippen LogP contribution in [0.1, 0.15) is 22.7 Å². The number of aromatic nitrogens is 4. The fourth-order valence-corrected chi connectivity index (χ4v) is 3.06. The lowest BCUT2D eigenvalue weighted by molar-refractivity contribution is 0.0991. The summed E-state index contributed by atoms with van der Waals surface area (Å²) in [6.07, 6.45) is 2.09. The van der Waals surface area contributed by atoms with E-state index in [4.69, 9.17) is 14.3 Å². The number of aryl methyl sites for hydroxylation is 1. The summed E-state index contributed by atoms with van der Waals surface area (Å²) in [7, 11) is 1.32. The van der Waals surface area contributed by atoms with Crippen LogP contribution in [0.5, 0.6) is 5.75 Å². The van der Waals surface area contributed by atoms with Crippen LogP contribution in [-0.2, 0) is 0 Å². The van der Waals surface area contributed by atoms with Gasteiger partial charge in [-0.25, -0.2) is 9.48 Å². The van der Waals surface area contributed by atoms with Gasteiger partial charge in [-0.1, -0.05) is 11.3 Å². The Labute approximate surface area is 163 Å². The van der Waals surface area contributed by atoms with Crippen molar-refractivity contribution in [2.24, 2.45) is 0 Å². The van der Waals surface area contributed by atoms with E-state index in [-0.39, 0.29) is 23.2 Å². The minimum Gasteiger partial charge on any atom is -0.488 e. The minimum atomic E-state index is -0.799. The maximum absolute atomic E-state index is 12.5. The topological polar surface area (TPSA) is 144 Å².